The molecule has 0 spiro atoms. The van der Waals surface area contributed by atoms with Crippen molar-refractivity contribution in [1.29, 1.82) is 0 Å². The number of urea groups is 1. The normalized spacial score (nSPS) is 17.3. The monoisotopic (exact) mass is 305 g/mol. The first kappa shape index (κ1) is 16.1. The van der Waals surface area contributed by atoms with Gasteiger partial charge in [-0.3, -0.25) is 4.90 Å². The molecule has 120 valence electrons. The predicted octanol–water partition coefficient (Wildman–Crippen LogP) is 2.37. The number of anilines is 1. The number of aryl methyl sites for hydroxylation is 1. The summed E-state index contributed by atoms with van der Waals surface area (Å²) in [6, 6.07) is 7.58. The Morgan fingerprint density at radius 2 is 2.14 bits per heavy atom. The standard InChI is InChI=1S/C16H23N3O3/c1-4-18(5-2)15(20)17-10-14-11-19(16(21)22-14)13-8-6-7-12(3)9-13/h6-9,14H,4-5,10-11H2,1-3H3,(H,17,20). The second-order valence-corrected chi connectivity index (χ2v) is 5.31. The zero-order valence-corrected chi connectivity index (χ0v) is 13.3. The lowest BCUT2D eigenvalue weighted by Gasteiger charge is -2.20. The molecule has 0 bridgehead atoms. The molecule has 6 heteroatoms. The fourth-order valence-corrected chi connectivity index (χ4v) is 2.46. The van der Waals surface area contributed by atoms with Crippen LogP contribution in [0.2, 0.25) is 0 Å². The van der Waals surface area contributed by atoms with Crippen LogP contribution in [-0.4, -0.2) is 49.3 Å². The smallest absolute Gasteiger partial charge is 0.414 e. The summed E-state index contributed by atoms with van der Waals surface area (Å²) in [7, 11) is 0. The van der Waals surface area contributed by atoms with E-state index < -0.39 is 0 Å². The van der Waals surface area contributed by atoms with E-state index in [1.54, 1.807) is 9.80 Å². The average Bonchev–Trinajstić information content (AvgIpc) is 2.87. The van der Waals surface area contributed by atoms with Crippen molar-refractivity contribution in [2.45, 2.75) is 26.9 Å². The van der Waals surface area contributed by atoms with E-state index in [-0.39, 0.29) is 18.2 Å². The number of nitrogens with one attached hydrogen (secondary N) is 1. The number of amides is 3. The lowest BCUT2D eigenvalue weighted by Crippen LogP contribution is -2.43. The average molecular weight is 305 g/mol. The van der Waals surface area contributed by atoms with Gasteiger partial charge in [-0.1, -0.05) is 12.1 Å². The van der Waals surface area contributed by atoms with Crippen LogP contribution in [0.3, 0.4) is 0 Å². The summed E-state index contributed by atoms with van der Waals surface area (Å²) >= 11 is 0. The Balaban J connectivity index is 1.91. The number of nitrogens with zero attached hydrogens (tertiary/aromatic N) is 2. The number of benzene rings is 1. The number of hydrogen-bond donors (Lipinski definition) is 1. The van der Waals surface area contributed by atoms with Crippen LogP contribution in [0, 0.1) is 6.92 Å². The highest BCUT2D eigenvalue weighted by Crippen LogP contribution is 2.22. The number of carbonyl (C=O) groups is 2. The van der Waals surface area contributed by atoms with Crippen molar-refractivity contribution < 1.29 is 14.3 Å². The maximum absolute atomic E-state index is 12.0. The van der Waals surface area contributed by atoms with Gasteiger partial charge in [0, 0.05) is 18.8 Å². The molecular formula is C16H23N3O3. The molecule has 1 aliphatic rings. The minimum atomic E-state index is -0.368. The first-order valence-corrected chi connectivity index (χ1v) is 7.62. The van der Waals surface area contributed by atoms with Crippen LogP contribution >= 0.6 is 0 Å². The van der Waals surface area contributed by atoms with Gasteiger partial charge in [-0.05, 0) is 38.5 Å². The van der Waals surface area contributed by atoms with Crippen molar-refractivity contribution in [2.75, 3.05) is 31.1 Å². The molecule has 3 amide bonds. The quantitative estimate of drug-likeness (QED) is 0.908. The maximum Gasteiger partial charge on any atom is 0.414 e. The largest absolute Gasteiger partial charge is 0.442 e. The summed E-state index contributed by atoms with van der Waals surface area (Å²) in [4.78, 5) is 27.2. The lowest BCUT2D eigenvalue weighted by atomic mass is 10.2. The van der Waals surface area contributed by atoms with Crippen LogP contribution in [0.15, 0.2) is 24.3 Å². The fraction of sp³-hybridized carbons (Fsp3) is 0.500. The summed E-state index contributed by atoms with van der Waals surface area (Å²) in [6.07, 6.45) is -0.694. The van der Waals surface area contributed by atoms with E-state index in [0.29, 0.717) is 26.2 Å². The second kappa shape index (κ2) is 7.15. The molecule has 0 saturated carbocycles. The molecule has 1 aromatic carbocycles. The topological polar surface area (TPSA) is 61.9 Å². The summed E-state index contributed by atoms with van der Waals surface area (Å²) in [6.45, 7) is 7.91. The SMILES string of the molecule is CCN(CC)C(=O)NCC1CN(c2cccc(C)c2)C(=O)O1. The van der Waals surface area contributed by atoms with Gasteiger partial charge in [0.25, 0.3) is 0 Å². The van der Waals surface area contributed by atoms with Gasteiger partial charge in [0.2, 0.25) is 0 Å². The molecule has 1 N–H and O–H groups in total. The summed E-state index contributed by atoms with van der Waals surface area (Å²) in [5.74, 6) is 0. The van der Waals surface area contributed by atoms with Crippen LogP contribution in [0.4, 0.5) is 15.3 Å². The molecule has 0 aromatic heterocycles. The third kappa shape index (κ3) is 3.69. The van der Waals surface area contributed by atoms with Crippen molar-refractivity contribution in [2.24, 2.45) is 0 Å². The molecule has 6 nitrogen and oxygen atoms in total. The van der Waals surface area contributed by atoms with E-state index in [1.165, 1.54) is 0 Å². The zero-order chi connectivity index (χ0) is 16.1. The third-order valence-electron chi connectivity index (χ3n) is 3.72. The minimum Gasteiger partial charge on any atom is -0.442 e. The Bertz CT molecular complexity index is 543. The highest BCUT2D eigenvalue weighted by atomic mass is 16.6. The molecule has 22 heavy (non-hydrogen) atoms. The van der Waals surface area contributed by atoms with Crippen LogP contribution < -0.4 is 10.2 Å². The maximum atomic E-state index is 12.0. The number of cyclic esters (lactones) is 1. The second-order valence-electron chi connectivity index (χ2n) is 5.31. The van der Waals surface area contributed by atoms with Crippen molar-refractivity contribution in [3.63, 3.8) is 0 Å². The summed E-state index contributed by atoms with van der Waals surface area (Å²) < 4.78 is 5.32. The summed E-state index contributed by atoms with van der Waals surface area (Å²) in [5.41, 5.74) is 1.91. The molecule has 1 heterocycles. The minimum absolute atomic E-state index is 0.130. The molecule has 1 aliphatic heterocycles. The van der Waals surface area contributed by atoms with Crippen LogP contribution in [0.25, 0.3) is 0 Å². The van der Waals surface area contributed by atoms with Crippen molar-refractivity contribution >= 4 is 17.8 Å². The Hall–Kier alpha value is -2.24. The molecule has 1 saturated heterocycles. The fourth-order valence-electron chi connectivity index (χ4n) is 2.46. The van der Waals surface area contributed by atoms with E-state index in [4.69, 9.17) is 4.74 Å². The Labute approximate surface area is 131 Å². The van der Waals surface area contributed by atoms with E-state index >= 15 is 0 Å². The number of rotatable bonds is 5. The van der Waals surface area contributed by atoms with Gasteiger partial charge < -0.3 is 15.0 Å². The van der Waals surface area contributed by atoms with Gasteiger partial charge in [0.05, 0.1) is 13.1 Å². The van der Waals surface area contributed by atoms with Crippen molar-refractivity contribution in [3.05, 3.63) is 29.8 Å². The Morgan fingerprint density at radius 1 is 1.41 bits per heavy atom. The first-order valence-electron chi connectivity index (χ1n) is 7.62. The van der Waals surface area contributed by atoms with Crippen molar-refractivity contribution in [1.82, 2.24) is 10.2 Å². The molecule has 1 atom stereocenters. The molecule has 1 unspecified atom stereocenters. The van der Waals surface area contributed by atoms with Gasteiger partial charge >= 0.3 is 12.1 Å². The van der Waals surface area contributed by atoms with E-state index in [1.807, 2.05) is 45.0 Å². The van der Waals surface area contributed by atoms with E-state index in [2.05, 4.69) is 5.32 Å². The highest BCUT2D eigenvalue weighted by Gasteiger charge is 2.32. The number of carbonyl (C=O) groups excluding carboxylic acids is 2. The zero-order valence-electron chi connectivity index (χ0n) is 13.3. The van der Waals surface area contributed by atoms with Crippen LogP contribution in [0.1, 0.15) is 19.4 Å². The van der Waals surface area contributed by atoms with Crippen molar-refractivity contribution in [3.8, 4) is 0 Å². The number of ether oxygens (including phenoxy) is 1. The van der Waals surface area contributed by atoms with E-state index in [9.17, 15) is 9.59 Å². The summed E-state index contributed by atoms with van der Waals surface area (Å²) in [5, 5.41) is 2.81. The Kier molecular flexibility index (Phi) is 5.25. The molecule has 1 aromatic rings. The van der Waals surface area contributed by atoms with Gasteiger partial charge in [0.15, 0.2) is 0 Å². The van der Waals surface area contributed by atoms with Gasteiger partial charge in [-0.2, -0.15) is 0 Å². The third-order valence-corrected chi connectivity index (χ3v) is 3.72. The molecular weight excluding hydrogens is 282 g/mol. The van der Waals surface area contributed by atoms with Gasteiger partial charge in [0.1, 0.15) is 6.10 Å². The molecule has 2 rings (SSSR count). The predicted molar refractivity (Wildman–Crippen MR) is 85.1 cm³/mol. The van der Waals surface area contributed by atoms with E-state index in [0.717, 1.165) is 11.3 Å². The van der Waals surface area contributed by atoms with Gasteiger partial charge in [-0.15, -0.1) is 0 Å². The Morgan fingerprint density at radius 3 is 2.77 bits per heavy atom. The molecule has 0 aliphatic carbocycles. The first-order chi connectivity index (χ1) is 10.5. The van der Waals surface area contributed by atoms with Crippen LogP contribution in [-0.2, 0) is 4.74 Å². The van der Waals surface area contributed by atoms with Crippen LogP contribution in [0.5, 0.6) is 0 Å². The molecule has 1 fully saturated rings. The highest BCUT2D eigenvalue weighted by molar-refractivity contribution is 5.89. The lowest BCUT2D eigenvalue weighted by molar-refractivity contribution is 0.138. The number of hydrogen-bond acceptors (Lipinski definition) is 3. The van der Waals surface area contributed by atoms with Gasteiger partial charge in [-0.25, -0.2) is 9.59 Å². The molecule has 0 radical (unpaired) electrons.